The number of thiazole rings is 1. The SMILES string of the molecule is CCc1ccsc1S(=O)(=O)Nc1cccc2cc(-c3ncc(CN4CCC(O)C4)s3)[nH]c12. The van der Waals surface area contributed by atoms with E-state index in [-0.39, 0.29) is 6.10 Å². The number of β-amino-alcohol motifs (C(OH)–C–C–N with tert-alkyl or cyclic N) is 1. The monoisotopic (exact) mass is 488 g/mol. The van der Waals surface area contributed by atoms with Gasteiger partial charge in [-0.05, 0) is 42.0 Å². The first-order valence-corrected chi connectivity index (χ1v) is 13.7. The molecule has 3 aromatic heterocycles. The molecule has 1 aliphatic heterocycles. The van der Waals surface area contributed by atoms with E-state index in [9.17, 15) is 13.5 Å². The van der Waals surface area contributed by atoms with Crippen molar-refractivity contribution in [3.8, 4) is 10.7 Å². The minimum Gasteiger partial charge on any atom is -0.392 e. The van der Waals surface area contributed by atoms with Crippen LogP contribution in [0.5, 0.6) is 0 Å². The largest absolute Gasteiger partial charge is 0.392 e. The van der Waals surface area contributed by atoms with Crippen molar-refractivity contribution in [1.82, 2.24) is 14.9 Å². The number of sulfonamides is 1. The van der Waals surface area contributed by atoms with Crippen molar-refractivity contribution < 1.29 is 13.5 Å². The van der Waals surface area contributed by atoms with Gasteiger partial charge in [0.1, 0.15) is 9.22 Å². The van der Waals surface area contributed by atoms with Crippen LogP contribution in [-0.2, 0) is 23.0 Å². The third kappa shape index (κ3) is 4.20. The molecule has 1 saturated heterocycles. The summed E-state index contributed by atoms with van der Waals surface area (Å²) in [5.41, 5.74) is 2.93. The normalized spacial score (nSPS) is 17.4. The Balaban J connectivity index is 1.41. The van der Waals surface area contributed by atoms with Crippen LogP contribution in [0, 0.1) is 0 Å². The van der Waals surface area contributed by atoms with Crippen molar-refractivity contribution in [3.63, 3.8) is 0 Å². The number of nitrogens with zero attached hydrogens (tertiary/aromatic N) is 2. The number of aromatic amines is 1. The molecule has 3 N–H and O–H groups in total. The van der Waals surface area contributed by atoms with Crippen molar-refractivity contribution in [2.45, 2.75) is 36.6 Å². The van der Waals surface area contributed by atoms with E-state index in [0.717, 1.165) is 51.6 Å². The van der Waals surface area contributed by atoms with Gasteiger partial charge in [0.25, 0.3) is 10.0 Å². The lowest BCUT2D eigenvalue weighted by Crippen LogP contribution is -2.20. The Hall–Kier alpha value is -2.24. The number of anilines is 1. The van der Waals surface area contributed by atoms with Crippen LogP contribution in [0.1, 0.15) is 23.8 Å². The van der Waals surface area contributed by atoms with Crippen LogP contribution in [0.3, 0.4) is 0 Å². The van der Waals surface area contributed by atoms with Crippen LogP contribution in [0.15, 0.2) is 46.1 Å². The van der Waals surface area contributed by atoms with E-state index in [0.29, 0.717) is 22.9 Å². The summed E-state index contributed by atoms with van der Waals surface area (Å²) < 4.78 is 29.1. The van der Waals surface area contributed by atoms with E-state index in [2.05, 4.69) is 19.6 Å². The predicted octanol–water partition coefficient (Wildman–Crippen LogP) is 4.28. The lowest BCUT2D eigenvalue weighted by atomic mass is 10.2. The van der Waals surface area contributed by atoms with Crippen molar-refractivity contribution in [1.29, 1.82) is 0 Å². The zero-order chi connectivity index (χ0) is 22.3. The van der Waals surface area contributed by atoms with Gasteiger partial charge in [-0.15, -0.1) is 22.7 Å². The van der Waals surface area contributed by atoms with Gasteiger partial charge in [0, 0.05) is 36.1 Å². The number of fused-ring (bicyclic) bond motifs is 1. The van der Waals surface area contributed by atoms with E-state index in [1.165, 1.54) is 11.3 Å². The van der Waals surface area contributed by atoms with Gasteiger partial charge in [0.2, 0.25) is 0 Å². The first kappa shape index (κ1) is 21.6. The van der Waals surface area contributed by atoms with Crippen molar-refractivity contribution >= 4 is 49.3 Å². The molecule has 0 saturated carbocycles. The molecule has 0 aliphatic carbocycles. The fourth-order valence-corrected chi connectivity index (χ4v) is 7.60. The second kappa shape index (κ2) is 8.60. The quantitative estimate of drug-likeness (QED) is 0.361. The Labute approximate surface area is 194 Å². The summed E-state index contributed by atoms with van der Waals surface area (Å²) in [7, 11) is -3.66. The number of aromatic nitrogens is 2. The molecular formula is C22H24N4O3S3. The summed E-state index contributed by atoms with van der Waals surface area (Å²) in [4.78, 5) is 11.3. The van der Waals surface area contributed by atoms with E-state index >= 15 is 0 Å². The molecule has 1 unspecified atom stereocenters. The van der Waals surface area contributed by atoms with E-state index < -0.39 is 10.0 Å². The Morgan fingerprint density at radius 1 is 1.34 bits per heavy atom. The zero-order valence-electron chi connectivity index (χ0n) is 17.5. The van der Waals surface area contributed by atoms with Crippen LogP contribution in [-0.4, -0.2) is 47.6 Å². The number of hydrogen-bond acceptors (Lipinski definition) is 7. The molecule has 0 amide bonds. The fourth-order valence-electron chi connectivity index (χ4n) is 4.05. The highest BCUT2D eigenvalue weighted by Gasteiger charge is 2.22. The highest BCUT2D eigenvalue weighted by atomic mass is 32.2. The molecule has 7 nitrogen and oxygen atoms in total. The summed E-state index contributed by atoms with van der Waals surface area (Å²) in [6.45, 7) is 4.33. The molecule has 1 atom stereocenters. The molecule has 0 spiro atoms. The van der Waals surface area contributed by atoms with E-state index in [1.54, 1.807) is 17.4 Å². The van der Waals surface area contributed by atoms with E-state index in [1.807, 2.05) is 42.8 Å². The Kier molecular flexibility index (Phi) is 5.81. The average Bonchev–Trinajstić information content (AvgIpc) is 3.54. The van der Waals surface area contributed by atoms with Gasteiger partial charge in [0.05, 0.1) is 23.0 Å². The number of rotatable bonds is 7. The molecule has 4 heterocycles. The topological polar surface area (TPSA) is 98.3 Å². The standard InChI is InChI=1S/C22H24N4O3S3/c1-2-14-7-9-30-22(14)32(28,29)25-18-5-3-4-15-10-19(24-20(15)18)21-23-11-17(31-21)13-26-8-6-16(27)12-26/h3-5,7,9-11,16,24-25,27H,2,6,8,12-13H2,1H3. The minimum atomic E-state index is -3.66. The second-order valence-corrected chi connectivity index (χ2v) is 11.9. The van der Waals surface area contributed by atoms with Gasteiger partial charge in [-0.25, -0.2) is 13.4 Å². The molecule has 1 fully saturated rings. The predicted molar refractivity (Wildman–Crippen MR) is 130 cm³/mol. The first-order valence-electron chi connectivity index (χ1n) is 10.5. The Morgan fingerprint density at radius 2 is 2.22 bits per heavy atom. The summed E-state index contributed by atoms with van der Waals surface area (Å²) in [5.74, 6) is 0. The van der Waals surface area contributed by atoms with Crippen molar-refractivity contribution in [2.24, 2.45) is 0 Å². The molecule has 32 heavy (non-hydrogen) atoms. The fraction of sp³-hybridized carbons (Fsp3) is 0.318. The lowest BCUT2D eigenvalue weighted by molar-refractivity contribution is 0.175. The van der Waals surface area contributed by atoms with Crippen LogP contribution in [0.2, 0.25) is 0 Å². The molecule has 1 aliphatic rings. The molecule has 1 aromatic carbocycles. The first-order chi connectivity index (χ1) is 15.4. The second-order valence-electron chi connectivity index (χ2n) is 7.95. The van der Waals surface area contributed by atoms with Crippen molar-refractivity contribution in [3.05, 3.63) is 52.3 Å². The zero-order valence-corrected chi connectivity index (χ0v) is 20.0. The van der Waals surface area contributed by atoms with Crippen LogP contribution >= 0.6 is 22.7 Å². The number of para-hydroxylation sites is 1. The van der Waals surface area contributed by atoms with Crippen LogP contribution in [0.25, 0.3) is 21.6 Å². The van der Waals surface area contributed by atoms with Gasteiger partial charge >= 0.3 is 0 Å². The molecule has 4 aromatic rings. The number of benzene rings is 1. The Bertz CT molecular complexity index is 1360. The number of likely N-dealkylation sites (tertiary alicyclic amines) is 1. The number of hydrogen-bond donors (Lipinski definition) is 3. The molecule has 0 radical (unpaired) electrons. The summed E-state index contributed by atoms with van der Waals surface area (Å²) in [6, 6.07) is 9.42. The number of H-pyrrole nitrogens is 1. The van der Waals surface area contributed by atoms with Gasteiger partial charge in [-0.2, -0.15) is 0 Å². The summed E-state index contributed by atoms with van der Waals surface area (Å²) in [6.07, 6.45) is 3.13. The summed E-state index contributed by atoms with van der Waals surface area (Å²) in [5, 5.41) is 13.3. The van der Waals surface area contributed by atoms with Gasteiger partial charge in [-0.3, -0.25) is 9.62 Å². The van der Waals surface area contributed by atoms with Gasteiger partial charge in [0.15, 0.2) is 0 Å². The molecule has 5 rings (SSSR count). The van der Waals surface area contributed by atoms with Gasteiger partial charge in [-0.1, -0.05) is 19.1 Å². The average molecular weight is 489 g/mol. The maximum atomic E-state index is 13.0. The molecule has 168 valence electrons. The molecule has 0 bridgehead atoms. The van der Waals surface area contributed by atoms with Crippen LogP contribution in [0.4, 0.5) is 5.69 Å². The third-order valence-corrected chi connectivity index (χ3v) is 9.59. The van der Waals surface area contributed by atoms with Crippen molar-refractivity contribution in [2.75, 3.05) is 17.8 Å². The Morgan fingerprint density at radius 3 is 3.00 bits per heavy atom. The number of aryl methyl sites for hydroxylation is 1. The maximum absolute atomic E-state index is 13.0. The minimum absolute atomic E-state index is 0.235. The number of nitrogens with one attached hydrogen (secondary N) is 2. The molecular weight excluding hydrogens is 464 g/mol. The maximum Gasteiger partial charge on any atom is 0.271 e. The smallest absolute Gasteiger partial charge is 0.271 e. The number of aliphatic hydroxyl groups excluding tert-OH is 1. The highest BCUT2D eigenvalue weighted by molar-refractivity contribution is 7.94. The highest BCUT2D eigenvalue weighted by Crippen LogP contribution is 2.33. The number of aliphatic hydroxyl groups is 1. The summed E-state index contributed by atoms with van der Waals surface area (Å²) >= 11 is 2.84. The van der Waals surface area contributed by atoms with Gasteiger partial charge < -0.3 is 10.1 Å². The third-order valence-electron chi connectivity index (χ3n) is 5.64. The molecule has 10 heteroatoms. The van der Waals surface area contributed by atoms with Crippen LogP contribution < -0.4 is 4.72 Å². The van der Waals surface area contributed by atoms with E-state index in [4.69, 9.17) is 0 Å². The lowest BCUT2D eigenvalue weighted by Gasteiger charge is -2.12. The number of thiophene rings is 1.